The zero-order valence-electron chi connectivity index (χ0n) is 38.7. The van der Waals surface area contributed by atoms with E-state index in [1.54, 1.807) is 0 Å². The van der Waals surface area contributed by atoms with Crippen molar-refractivity contribution in [1.29, 1.82) is 0 Å². The lowest BCUT2D eigenvalue weighted by Crippen LogP contribution is -2.79. The van der Waals surface area contributed by atoms with Gasteiger partial charge in [-0.05, 0) is 108 Å². The van der Waals surface area contributed by atoms with E-state index in [0.717, 1.165) is 44.6 Å². The maximum Gasteiger partial charge on any atom is 0.180 e. The van der Waals surface area contributed by atoms with Crippen molar-refractivity contribution < 1.29 is 4.42 Å². The summed E-state index contributed by atoms with van der Waals surface area (Å²) in [6.07, 6.45) is 0. The molecule has 0 unspecified atom stereocenters. The summed E-state index contributed by atoms with van der Waals surface area (Å²) in [6.45, 7) is 0. The Bertz CT molecular complexity index is 3870. The number of fused-ring (bicyclic) bond motifs is 11. The van der Waals surface area contributed by atoms with Crippen LogP contribution in [-0.2, 0) is 5.41 Å². The first-order valence-corrected chi connectivity index (χ1v) is 27.2. The Balaban J connectivity index is 1.03. The fourth-order valence-electron chi connectivity index (χ4n) is 12.2. The average molecular weight is 940 g/mol. The van der Waals surface area contributed by atoms with Crippen LogP contribution in [0.25, 0.3) is 44.2 Å². The van der Waals surface area contributed by atoms with Crippen LogP contribution in [0.15, 0.2) is 287 Å². The van der Waals surface area contributed by atoms with Crippen molar-refractivity contribution in [3.63, 3.8) is 0 Å². The van der Waals surface area contributed by atoms with Crippen LogP contribution in [0, 0.1) is 0 Å². The predicted molar refractivity (Wildman–Crippen MR) is 299 cm³/mol. The molecule has 0 saturated carbocycles. The molecule has 11 aromatic carbocycles. The van der Waals surface area contributed by atoms with Crippen LogP contribution in [0.1, 0.15) is 22.3 Å². The molecule has 0 radical (unpaired) electrons. The maximum absolute atomic E-state index is 6.63. The molecule has 3 heterocycles. The number of hydrogen-bond donors (Lipinski definition) is 0. The summed E-state index contributed by atoms with van der Waals surface area (Å²) >= 11 is 1.89. The maximum atomic E-state index is 6.63. The van der Waals surface area contributed by atoms with Crippen molar-refractivity contribution in [2.45, 2.75) is 15.2 Å². The minimum absolute atomic E-state index is 0.643. The predicted octanol–water partition coefficient (Wildman–Crippen LogP) is 14.9. The Morgan fingerprint density at radius 3 is 1.46 bits per heavy atom. The van der Waals surface area contributed by atoms with Gasteiger partial charge in [0.1, 0.15) is 11.2 Å². The molecule has 334 valence electrons. The molecule has 2 aliphatic heterocycles. The van der Waals surface area contributed by atoms with E-state index in [1.807, 2.05) is 11.8 Å². The zero-order chi connectivity index (χ0) is 46.9. The summed E-state index contributed by atoms with van der Waals surface area (Å²) in [5.41, 5.74) is 14.4. The third kappa shape index (κ3) is 6.21. The number of anilines is 3. The van der Waals surface area contributed by atoms with Gasteiger partial charge in [-0.1, -0.05) is 242 Å². The molecule has 0 aliphatic carbocycles. The van der Waals surface area contributed by atoms with Crippen molar-refractivity contribution in [2.24, 2.45) is 0 Å². The fraction of sp³-hybridized carbons (Fsp3) is 0.0149. The smallest absolute Gasteiger partial charge is 0.180 e. The van der Waals surface area contributed by atoms with E-state index < -0.39 is 13.5 Å². The van der Waals surface area contributed by atoms with Gasteiger partial charge in [-0.15, -0.1) is 0 Å². The molecule has 4 heteroatoms. The third-order valence-electron chi connectivity index (χ3n) is 15.1. The van der Waals surface area contributed by atoms with Gasteiger partial charge < -0.3 is 9.32 Å². The largest absolute Gasteiger partial charge is 0.456 e. The monoisotopic (exact) mass is 939 g/mol. The molecule has 71 heavy (non-hydrogen) atoms. The van der Waals surface area contributed by atoms with Crippen LogP contribution in [0.2, 0.25) is 0 Å². The lowest BCUT2D eigenvalue weighted by atomic mass is 9.64. The number of hydrogen-bond acceptors (Lipinski definition) is 3. The van der Waals surface area contributed by atoms with Crippen molar-refractivity contribution in [3.05, 3.63) is 295 Å². The van der Waals surface area contributed by atoms with E-state index in [9.17, 15) is 0 Å². The SMILES string of the molecule is c1ccc(-c2ccc(-c3ccc(N(c4cccc5c4Sc4ccccc4C54c5ccccc5[Si](c5ccccc5)(c5ccccc5)c5ccccc54)c4cccc5oc6ccccc6c45)cc3)cc2)cc1. The van der Waals surface area contributed by atoms with Gasteiger partial charge in [0.25, 0.3) is 0 Å². The highest BCUT2D eigenvalue weighted by Crippen LogP contribution is 2.60. The van der Waals surface area contributed by atoms with Gasteiger partial charge in [0.15, 0.2) is 8.07 Å². The Labute approximate surface area is 419 Å². The fourth-order valence-corrected chi connectivity index (χ4v) is 18.8. The number of nitrogens with zero attached hydrogens (tertiary/aromatic N) is 1. The van der Waals surface area contributed by atoms with Crippen LogP contribution in [0.5, 0.6) is 0 Å². The molecule has 1 aromatic heterocycles. The van der Waals surface area contributed by atoms with Crippen LogP contribution in [-0.4, -0.2) is 8.07 Å². The number of para-hydroxylation sites is 1. The molecule has 12 aromatic rings. The van der Waals surface area contributed by atoms with E-state index in [4.69, 9.17) is 4.42 Å². The normalized spacial score (nSPS) is 13.8. The molecule has 0 atom stereocenters. The molecule has 1 spiro atoms. The van der Waals surface area contributed by atoms with Crippen molar-refractivity contribution >= 4 is 79.6 Å². The van der Waals surface area contributed by atoms with Gasteiger partial charge in [0.05, 0.1) is 22.2 Å². The highest BCUT2D eigenvalue weighted by atomic mass is 32.2. The van der Waals surface area contributed by atoms with E-state index in [0.29, 0.717) is 0 Å². The molecule has 0 bridgehead atoms. The molecule has 0 saturated heterocycles. The summed E-state index contributed by atoms with van der Waals surface area (Å²) in [7, 11) is -2.90. The average Bonchev–Trinajstić information content (AvgIpc) is 3.84. The lowest BCUT2D eigenvalue weighted by molar-refractivity contribution is 0.669. The quantitative estimate of drug-likeness (QED) is 0.148. The van der Waals surface area contributed by atoms with E-state index in [2.05, 4.69) is 278 Å². The Morgan fingerprint density at radius 1 is 0.352 bits per heavy atom. The topological polar surface area (TPSA) is 16.4 Å². The lowest BCUT2D eigenvalue weighted by Gasteiger charge is -2.52. The molecule has 0 fully saturated rings. The molecule has 14 rings (SSSR count). The Kier molecular flexibility index (Phi) is 9.73. The summed E-state index contributed by atoms with van der Waals surface area (Å²) < 4.78 is 6.63. The van der Waals surface area contributed by atoms with E-state index in [1.165, 1.54) is 69.5 Å². The second kappa shape index (κ2) is 16.6. The van der Waals surface area contributed by atoms with Crippen molar-refractivity contribution in [1.82, 2.24) is 0 Å². The summed E-state index contributed by atoms with van der Waals surface area (Å²) in [5.74, 6) is 0. The first kappa shape index (κ1) is 41.5. The van der Waals surface area contributed by atoms with Crippen LogP contribution < -0.4 is 25.6 Å². The van der Waals surface area contributed by atoms with Crippen LogP contribution in [0.3, 0.4) is 0 Å². The molecule has 0 N–H and O–H groups in total. The Hall–Kier alpha value is -8.41. The summed E-state index contributed by atoms with van der Waals surface area (Å²) in [4.78, 5) is 4.98. The molecular formula is C67H45NOSSi. The van der Waals surface area contributed by atoms with E-state index >= 15 is 0 Å². The van der Waals surface area contributed by atoms with Crippen LogP contribution in [0.4, 0.5) is 17.1 Å². The van der Waals surface area contributed by atoms with Gasteiger partial charge >= 0.3 is 0 Å². The van der Waals surface area contributed by atoms with Gasteiger partial charge in [-0.3, -0.25) is 0 Å². The van der Waals surface area contributed by atoms with E-state index in [-0.39, 0.29) is 0 Å². The molecule has 2 nitrogen and oxygen atoms in total. The minimum Gasteiger partial charge on any atom is -0.456 e. The van der Waals surface area contributed by atoms with Crippen molar-refractivity contribution in [3.8, 4) is 22.3 Å². The third-order valence-corrected chi connectivity index (χ3v) is 21.2. The second-order valence-electron chi connectivity index (χ2n) is 18.6. The van der Waals surface area contributed by atoms with Gasteiger partial charge in [0, 0.05) is 20.9 Å². The van der Waals surface area contributed by atoms with Crippen molar-refractivity contribution in [2.75, 3.05) is 4.90 Å². The molecule has 0 amide bonds. The highest BCUT2D eigenvalue weighted by Gasteiger charge is 2.57. The number of benzene rings is 11. The summed E-state index contributed by atoms with van der Waals surface area (Å²) in [5, 5.41) is 7.80. The number of furan rings is 1. The highest BCUT2D eigenvalue weighted by molar-refractivity contribution is 7.99. The first-order chi connectivity index (χ1) is 35.2. The summed E-state index contributed by atoms with van der Waals surface area (Å²) in [6, 6.07) is 101. The molecule has 2 aliphatic rings. The Morgan fingerprint density at radius 2 is 0.817 bits per heavy atom. The second-order valence-corrected chi connectivity index (χ2v) is 23.4. The standard InChI is InChI=1S/C67H45NOSSi/c1-4-20-46(21-5-1)47-38-40-48(41-39-47)49-42-44-50(45-43-49)68(58-31-19-34-61-65(58)53-26-10-14-33-60(53)69-61)59-32-18-30-57-66(59)70-62-35-15-11-27-54(62)67(57)55-28-12-16-36-63(55)71(51-22-6-2-7-23-51,52-24-8-3-9-25-52)64-37-17-13-29-56(64)67/h1-45H. The van der Waals surface area contributed by atoms with Gasteiger partial charge in [-0.25, -0.2) is 0 Å². The van der Waals surface area contributed by atoms with Gasteiger partial charge in [-0.2, -0.15) is 0 Å². The molecular weight excluding hydrogens is 895 g/mol. The minimum atomic E-state index is -2.90. The zero-order valence-corrected chi connectivity index (χ0v) is 40.6. The van der Waals surface area contributed by atoms with Gasteiger partial charge in [0.2, 0.25) is 0 Å². The van der Waals surface area contributed by atoms with Crippen LogP contribution >= 0.6 is 11.8 Å². The number of rotatable bonds is 7. The first-order valence-electron chi connectivity index (χ1n) is 24.4.